The minimum Gasteiger partial charge on any atom is -0.313 e. The zero-order valence-corrected chi connectivity index (χ0v) is 11.5. The third kappa shape index (κ3) is 2.92. The van der Waals surface area contributed by atoms with Crippen molar-refractivity contribution >= 4 is 0 Å². The maximum atomic E-state index is 13.9. The molecule has 0 bridgehead atoms. The molecule has 3 atom stereocenters. The maximum Gasteiger partial charge on any atom is 0.127 e. The van der Waals surface area contributed by atoms with Crippen molar-refractivity contribution in [3.8, 4) is 0 Å². The average Bonchev–Trinajstić information content (AvgIpc) is 2.42. The van der Waals surface area contributed by atoms with E-state index in [9.17, 15) is 4.39 Å². The standard InChI is InChI=1S/C16H24FN/c1-3-12-7-6-8-13(11-12)16(18-2)14-9-4-5-10-15(14)17/h4-5,9-10,12-13,16,18H,3,6-8,11H2,1-2H3. The van der Waals surface area contributed by atoms with Crippen LogP contribution in [0.5, 0.6) is 0 Å². The van der Waals surface area contributed by atoms with Gasteiger partial charge in [0.2, 0.25) is 0 Å². The van der Waals surface area contributed by atoms with Gasteiger partial charge in [0.1, 0.15) is 5.82 Å². The first-order chi connectivity index (χ1) is 8.76. The Morgan fingerprint density at radius 2 is 2.11 bits per heavy atom. The Hall–Kier alpha value is -0.890. The van der Waals surface area contributed by atoms with Gasteiger partial charge in [-0.1, -0.05) is 44.4 Å². The van der Waals surface area contributed by atoms with Gasteiger partial charge in [-0.15, -0.1) is 0 Å². The van der Waals surface area contributed by atoms with Crippen LogP contribution in [0.15, 0.2) is 24.3 Å². The lowest BCUT2D eigenvalue weighted by Gasteiger charge is -2.34. The van der Waals surface area contributed by atoms with E-state index >= 15 is 0 Å². The predicted octanol–water partition coefficient (Wildman–Crippen LogP) is 4.30. The monoisotopic (exact) mass is 249 g/mol. The van der Waals surface area contributed by atoms with Crippen LogP contribution >= 0.6 is 0 Å². The van der Waals surface area contributed by atoms with E-state index < -0.39 is 0 Å². The molecule has 1 saturated carbocycles. The van der Waals surface area contributed by atoms with Crippen molar-refractivity contribution in [2.24, 2.45) is 11.8 Å². The number of hydrogen-bond acceptors (Lipinski definition) is 1. The van der Waals surface area contributed by atoms with Crippen molar-refractivity contribution < 1.29 is 4.39 Å². The van der Waals surface area contributed by atoms with Gasteiger partial charge in [-0.2, -0.15) is 0 Å². The highest BCUT2D eigenvalue weighted by molar-refractivity contribution is 5.22. The Morgan fingerprint density at radius 1 is 1.33 bits per heavy atom. The molecule has 1 fully saturated rings. The van der Waals surface area contributed by atoms with E-state index in [4.69, 9.17) is 0 Å². The van der Waals surface area contributed by atoms with Crippen molar-refractivity contribution in [1.29, 1.82) is 0 Å². The summed E-state index contributed by atoms with van der Waals surface area (Å²) < 4.78 is 13.9. The molecule has 1 nitrogen and oxygen atoms in total. The average molecular weight is 249 g/mol. The summed E-state index contributed by atoms with van der Waals surface area (Å²) in [4.78, 5) is 0. The number of halogens is 1. The van der Waals surface area contributed by atoms with Crippen LogP contribution < -0.4 is 5.32 Å². The maximum absolute atomic E-state index is 13.9. The molecule has 1 N–H and O–H groups in total. The van der Waals surface area contributed by atoms with Crippen LogP contribution in [0.1, 0.15) is 50.6 Å². The molecule has 1 aliphatic rings. The molecular formula is C16H24FN. The number of nitrogens with one attached hydrogen (secondary N) is 1. The summed E-state index contributed by atoms with van der Waals surface area (Å²) in [6.07, 6.45) is 6.34. The van der Waals surface area contributed by atoms with Gasteiger partial charge < -0.3 is 5.32 Å². The van der Waals surface area contributed by atoms with Crippen molar-refractivity contribution in [2.75, 3.05) is 7.05 Å². The second kappa shape index (κ2) is 6.33. The van der Waals surface area contributed by atoms with Gasteiger partial charge in [-0.05, 0) is 37.8 Å². The Bertz CT molecular complexity index is 377. The van der Waals surface area contributed by atoms with Crippen LogP contribution in [0.4, 0.5) is 4.39 Å². The topological polar surface area (TPSA) is 12.0 Å². The number of benzene rings is 1. The van der Waals surface area contributed by atoms with Crippen molar-refractivity contribution in [1.82, 2.24) is 5.32 Å². The molecule has 100 valence electrons. The first kappa shape index (κ1) is 13.5. The third-order valence-corrected chi connectivity index (χ3v) is 4.42. The lowest BCUT2D eigenvalue weighted by Crippen LogP contribution is -2.30. The molecule has 0 saturated heterocycles. The SMILES string of the molecule is CCC1CCCC(C(NC)c2ccccc2F)C1. The van der Waals surface area contributed by atoms with E-state index in [0.29, 0.717) is 5.92 Å². The summed E-state index contributed by atoms with van der Waals surface area (Å²) in [6, 6.07) is 7.36. The molecule has 18 heavy (non-hydrogen) atoms. The second-order valence-electron chi connectivity index (χ2n) is 5.49. The summed E-state index contributed by atoms with van der Waals surface area (Å²) in [5, 5.41) is 3.33. The van der Waals surface area contributed by atoms with E-state index in [2.05, 4.69) is 12.2 Å². The van der Waals surface area contributed by atoms with Gasteiger partial charge in [0.05, 0.1) is 0 Å². The molecule has 3 unspecified atom stereocenters. The lowest BCUT2D eigenvalue weighted by atomic mass is 9.75. The van der Waals surface area contributed by atoms with Crippen LogP contribution in [-0.4, -0.2) is 7.05 Å². The molecule has 0 aromatic heterocycles. The van der Waals surface area contributed by atoms with Gasteiger partial charge in [0.15, 0.2) is 0 Å². The number of rotatable bonds is 4. The fourth-order valence-electron chi connectivity index (χ4n) is 3.38. The van der Waals surface area contributed by atoms with Crippen molar-refractivity contribution in [3.63, 3.8) is 0 Å². The number of hydrogen-bond donors (Lipinski definition) is 1. The normalized spacial score (nSPS) is 25.9. The first-order valence-electron chi connectivity index (χ1n) is 7.18. The summed E-state index contributed by atoms with van der Waals surface area (Å²) in [7, 11) is 1.95. The largest absolute Gasteiger partial charge is 0.313 e. The van der Waals surface area contributed by atoms with Crippen LogP contribution in [0.3, 0.4) is 0 Å². The third-order valence-electron chi connectivity index (χ3n) is 4.42. The molecule has 2 rings (SSSR count). The molecule has 0 aliphatic heterocycles. The smallest absolute Gasteiger partial charge is 0.127 e. The lowest BCUT2D eigenvalue weighted by molar-refractivity contribution is 0.212. The molecule has 0 amide bonds. The van der Waals surface area contributed by atoms with Crippen LogP contribution in [0.25, 0.3) is 0 Å². The first-order valence-corrected chi connectivity index (χ1v) is 7.18. The summed E-state index contributed by atoms with van der Waals surface area (Å²) in [6.45, 7) is 2.27. The highest BCUT2D eigenvalue weighted by Crippen LogP contribution is 2.38. The van der Waals surface area contributed by atoms with Crippen LogP contribution in [-0.2, 0) is 0 Å². The van der Waals surface area contributed by atoms with E-state index in [-0.39, 0.29) is 11.9 Å². The van der Waals surface area contributed by atoms with E-state index in [1.807, 2.05) is 19.2 Å². The molecular weight excluding hydrogens is 225 g/mol. The van der Waals surface area contributed by atoms with E-state index in [0.717, 1.165) is 11.5 Å². The minimum atomic E-state index is -0.0736. The second-order valence-corrected chi connectivity index (χ2v) is 5.49. The molecule has 2 heteroatoms. The summed E-state index contributed by atoms with van der Waals surface area (Å²) in [5.74, 6) is 1.33. The fraction of sp³-hybridized carbons (Fsp3) is 0.625. The predicted molar refractivity (Wildman–Crippen MR) is 73.9 cm³/mol. The van der Waals surface area contributed by atoms with Gasteiger partial charge in [-0.25, -0.2) is 4.39 Å². The highest BCUT2D eigenvalue weighted by Gasteiger charge is 2.29. The molecule has 0 spiro atoms. The van der Waals surface area contributed by atoms with Gasteiger partial charge >= 0.3 is 0 Å². The molecule has 1 aromatic carbocycles. The zero-order valence-electron chi connectivity index (χ0n) is 11.5. The van der Waals surface area contributed by atoms with Gasteiger partial charge in [0.25, 0.3) is 0 Å². The summed E-state index contributed by atoms with van der Waals surface area (Å²) in [5.41, 5.74) is 0.835. The Labute approximate surface area is 110 Å². The molecule has 0 heterocycles. The van der Waals surface area contributed by atoms with Crippen molar-refractivity contribution in [2.45, 2.75) is 45.1 Å². The zero-order chi connectivity index (χ0) is 13.0. The Kier molecular flexibility index (Phi) is 4.76. The quantitative estimate of drug-likeness (QED) is 0.838. The highest BCUT2D eigenvalue weighted by atomic mass is 19.1. The fourth-order valence-corrected chi connectivity index (χ4v) is 3.38. The van der Waals surface area contributed by atoms with E-state index in [1.165, 1.54) is 32.1 Å². The van der Waals surface area contributed by atoms with Gasteiger partial charge in [0, 0.05) is 11.6 Å². The van der Waals surface area contributed by atoms with Crippen LogP contribution in [0.2, 0.25) is 0 Å². The van der Waals surface area contributed by atoms with E-state index in [1.54, 1.807) is 12.1 Å². The summed E-state index contributed by atoms with van der Waals surface area (Å²) >= 11 is 0. The van der Waals surface area contributed by atoms with Gasteiger partial charge in [-0.3, -0.25) is 0 Å². The molecule has 1 aromatic rings. The minimum absolute atomic E-state index is 0.0736. The van der Waals surface area contributed by atoms with Crippen molar-refractivity contribution in [3.05, 3.63) is 35.6 Å². The van der Waals surface area contributed by atoms with Crippen LogP contribution in [0, 0.1) is 17.7 Å². The molecule has 1 aliphatic carbocycles. The Balaban J connectivity index is 2.15. The Morgan fingerprint density at radius 3 is 2.78 bits per heavy atom. The molecule has 0 radical (unpaired) electrons.